The summed E-state index contributed by atoms with van der Waals surface area (Å²) >= 11 is 0. The van der Waals surface area contributed by atoms with Gasteiger partial charge in [-0.2, -0.15) is 0 Å². The number of ether oxygens (including phenoxy) is 1. The molecule has 0 fully saturated rings. The molecular formula is C21H19N3O3. The largest absolute Gasteiger partial charge is 0.497 e. The van der Waals surface area contributed by atoms with Crippen molar-refractivity contribution in [2.75, 3.05) is 7.11 Å². The number of rotatable bonds is 6. The lowest BCUT2D eigenvalue weighted by Crippen LogP contribution is -2.22. The minimum atomic E-state index is -0.258. The second-order valence-corrected chi connectivity index (χ2v) is 5.60. The molecule has 0 aliphatic rings. The molecule has 136 valence electrons. The zero-order valence-electron chi connectivity index (χ0n) is 15.1. The Kier molecular flexibility index (Phi) is 5.47. The Morgan fingerprint density at radius 2 is 2.19 bits per heavy atom. The predicted molar refractivity (Wildman–Crippen MR) is 104 cm³/mol. The van der Waals surface area contributed by atoms with Crippen LogP contribution in [0.1, 0.15) is 17.3 Å². The van der Waals surface area contributed by atoms with Crippen LogP contribution >= 0.6 is 0 Å². The Morgan fingerprint density at radius 1 is 1.33 bits per heavy atom. The van der Waals surface area contributed by atoms with Gasteiger partial charge in [0, 0.05) is 29.7 Å². The number of methoxy groups -OCH3 is 1. The van der Waals surface area contributed by atoms with Crippen molar-refractivity contribution in [2.24, 2.45) is 0 Å². The molecule has 1 amide bonds. The molecule has 1 aromatic carbocycles. The summed E-state index contributed by atoms with van der Waals surface area (Å²) in [5.74, 6) is 0.756. The van der Waals surface area contributed by atoms with E-state index in [0.717, 1.165) is 5.56 Å². The predicted octanol–water partition coefficient (Wildman–Crippen LogP) is 4.24. The van der Waals surface area contributed by atoms with E-state index in [1.54, 1.807) is 55.9 Å². The number of carbonyl (C=O) groups is 1. The van der Waals surface area contributed by atoms with E-state index in [9.17, 15) is 4.79 Å². The van der Waals surface area contributed by atoms with Gasteiger partial charge in [-0.25, -0.2) is 4.98 Å². The zero-order valence-corrected chi connectivity index (χ0v) is 15.1. The van der Waals surface area contributed by atoms with Gasteiger partial charge >= 0.3 is 0 Å². The monoisotopic (exact) mass is 361 g/mol. The molecule has 3 rings (SSSR count). The van der Waals surface area contributed by atoms with Gasteiger partial charge in [0.1, 0.15) is 11.3 Å². The SMILES string of the molecule is C=C/C(=C\C(=C/C)NC(=O)c1ccc2oc(-c3cccnc3)nc2c1)OC. The van der Waals surface area contributed by atoms with E-state index < -0.39 is 0 Å². The van der Waals surface area contributed by atoms with E-state index in [1.807, 2.05) is 19.1 Å². The molecule has 2 heterocycles. The number of nitrogens with zero attached hydrogens (tertiary/aromatic N) is 2. The summed E-state index contributed by atoms with van der Waals surface area (Å²) < 4.78 is 10.9. The first-order valence-electron chi connectivity index (χ1n) is 8.31. The third-order valence-corrected chi connectivity index (χ3v) is 3.86. The number of nitrogens with one attached hydrogen (secondary N) is 1. The fourth-order valence-electron chi connectivity index (χ4n) is 2.43. The molecule has 0 saturated carbocycles. The number of aromatic nitrogens is 2. The lowest BCUT2D eigenvalue weighted by atomic mass is 10.2. The number of allylic oxidation sites excluding steroid dienone is 3. The summed E-state index contributed by atoms with van der Waals surface area (Å²) in [6.45, 7) is 5.48. The number of pyridine rings is 1. The quantitative estimate of drug-likeness (QED) is 0.525. The molecule has 0 atom stereocenters. The van der Waals surface area contributed by atoms with E-state index in [2.05, 4.69) is 21.9 Å². The fraction of sp³-hybridized carbons (Fsp3) is 0.0952. The van der Waals surface area contributed by atoms with Crippen molar-refractivity contribution < 1.29 is 13.9 Å². The Hall–Kier alpha value is -3.67. The molecule has 0 radical (unpaired) electrons. The molecule has 6 heteroatoms. The zero-order chi connectivity index (χ0) is 19.2. The first kappa shape index (κ1) is 18.1. The van der Waals surface area contributed by atoms with Crippen molar-refractivity contribution in [2.45, 2.75) is 6.92 Å². The van der Waals surface area contributed by atoms with Crippen LogP contribution in [0.15, 0.2) is 83.4 Å². The molecular weight excluding hydrogens is 342 g/mol. The summed E-state index contributed by atoms with van der Waals surface area (Å²) in [6, 6.07) is 8.79. The molecule has 27 heavy (non-hydrogen) atoms. The van der Waals surface area contributed by atoms with Gasteiger partial charge < -0.3 is 14.5 Å². The van der Waals surface area contributed by atoms with Crippen LogP contribution in [-0.4, -0.2) is 23.0 Å². The van der Waals surface area contributed by atoms with E-state index in [4.69, 9.17) is 9.15 Å². The summed E-state index contributed by atoms with van der Waals surface area (Å²) in [6.07, 6.45) is 8.39. The molecule has 0 spiro atoms. The van der Waals surface area contributed by atoms with Crippen LogP contribution in [0, 0.1) is 0 Å². The standard InChI is InChI=1S/C21H19N3O3/c1-4-16(12-17(5-2)26-3)23-20(25)14-8-9-19-18(11-14)24-21(27-19)15-7-6-10-22-13-15/h4-13H,2H2,1,3H3,(H,23,25)/b16-4+,17-12+. The summed E-state index contributed by atoms with van der Waals surface area (Å²) in [5, 5.41) is 2.83. The maximum Gasteiger partial charge on any atom is 0.255 e. The topological polar surface area (TPSA) is 77.3 Å². The number of hydrogen-bond donors (Lipinski definition) is 1. The minimum Gasteiger partial charge on any atom is -0.497 e. The molecule has 0 aliphatic heterocycles. The first-order chi connectivity index (χ1) is 13.1. The maximum atomic E-state index is 12.6. The van der Waals surface area contributed by atoms with Gasteiger partial charge in [0.05, 0.1) is 12.7 Å². The summed E-state index contributed by atoms with van der Waals surface area (Å²) in [4.78, 5) is 21.1. The molecule has 0 saturated heterocycles. The van der Waals surface area contributed by atoms with Gasteiger partial charge in [-0.3, -0.25) is 9.78 Å². The van der Waals surface area contributed by atoms with Gasteiger partial charge in [-0.05, 0) is 43.3 Å². The van der Waals surface area contributed by atoms with Crippen LogP contribution in [0.25, 0.3) is 22.6 Å². The highest BCUT2D eigenvalue weighted by Gasteiger charge is 2.12. The highest BCUT2D eigenvalue weighted by atomic mass is 16.5. The molecule has 0 aliphatic carbocycles. The van der Waals surface area contributed by atoms with Crippen LogP contribution < -0.4 is 5.32 Å². The second kappa shape index (κ2) is 8.14. The normalized spacial score (nSPS) is 12.1. The van der Waals surface area contributed by atoms with Crippen LogP contribution in [0.3, 0.4) is 0 Å². The molecule has 0 unspecified atom stereocenters. The Morgan fingerprint density at radius 3 is 2.85 bits per heavy atom. The number of hydrogen-bond acceptors (Lipinski definition) is 5. The maximum absolute atomic E-state index is 12.6. The van der Waals surface area contributed by atoms with Crippen molar-refractivity contribution in [1.82, 2.24) is 15.3 Å². The molecule has 6 nitrogen and oxygen atoms in total. The van der Waals surface area contributed by atoms with Gasteiger partial charge in [0.15, 0.2) is 5.58 Å². The van der Waals surface area contributed by atoms with Gasteiger partial charge in [0.2, 0.25) is 5.89 Å². The number of amides is 1. The molecule has 0 bridgehead atoms. The Labute approximate surface area is 156 Å². The number of fused-ring (bicyclic) bond motifs is 1. The van der Waals surface area contributed by atoms with Gasteiger partial charge in [0.25, 0.3) is 5.91 Å². The number of carbonyl (C=O) groups excluding carboxylic acids is 1. The highest BCUT2D eigenvalue weighted by molar-refractivity contribution is 5.98. The Balaban J connectivity index is 1.85. The fourth-order valence-corrected chi connectivity index (χ4v) is 2.43. The lowest BCUT2D eigenvalue weighted by Gasteiger charge is -2.07. The summed E-state index contributed by atoms with van der Waals surface area (Å²) in [7, 11) is 1.54. The van der Waals surface area contributed by atoms with Crippen LogP contribution in [-0.2, 0) is 4.74 Å². The van der Waals surface area contributed by atoms with Crippen molar-refractivity contribution in [1.29, 1.82) is 0 Å². The minimum absolute atomic E-state index is 0.258. The van der Waals surface area contributed by atoms with E-state index in [-0.39, 0.29) is 5.91 Å². The molecule has 2 aromatic heterocycles. The highest BCUT2D eigenvalue weighted by Crippen LogP contribution is 2.24. The lowest BCUT2D eigenvalue weighted by molar-refractivity contribution is 0.0967. The van der Waals surface area contributed by atoms with Gasteiger partial charge in [-0.1, -0.05) is 12.7 Å². The van der Waals surface area contributed by atoms with Crippen molar-refractivity contribution in [3.05, 3.63) is 84.6 Å². The second-order valence-electron chi connectivity index (χ2n) is 5.60. The van der Waals surface area contributed by atoms with Crippen molar-refractivity contribution in [3.8, 4) is 11.5 Å². The number of benzene rings is 1. The van der Waals surface area contributed by atoms with E-state index in [1.165, 1.54) is 0 Å². The third kappa shape index (κ3) is 4.12. The van der Waals surface area contributed by atoms with Crippen LogP contribution in [0.2, 0.25) is 0 Å². The van der Waals surface area contributed by atoms with E-state index >= 15 is 0 Å². The average molecular weight is 361 g/mol. The number of oxazole rings is 1. The molecule has 3 aromatic rings. The first-order valence-corrected chi connectivity index (χ1v) is 8.31. The summed E-state index contributed by atoms with van der Waals surface area (Å²) in [5.41, 5.74) is 3.05. The van der Waals surface area contributed by atoms with Crippen molar-refractivity contribution in [3.63, 3.8) is 0 Å². The van der Waals surface area contributed by atoms with Crippen LogP contribution in [0.4, 0.5) is 0 Å². The van der Waals surface area contributed by atoms with Crippen molar-refractivity contribution >= 4 is 17.0 Å². The van der Waals surface area contributed by atoms with Gasteiger partial charge in [-0.15, -0.1) is 0 Å². The van der Waals surface area contributed by atoms with E-state index in [0.29, 0.717) is 34.0 Å². The van der Waals surface area contributed by atoms with Crippen LogP contribution in [0.5, 0.6) is 0 Å². The Bertz CT molecular complexity index is 1030. The molecule has 1 N–H and O–H groups in total. The third-order valence-electron chi connectivity index (χ3n) is 3.86. The average Bonchev–Trinajstić information content (AvgIpc) is 3.15. The smallest absolute Gasteiger partial charge is 0.255 e.